The van der Waals surface area contributed by atoms with E-state index < -0.39 is 0 Å². The van der Waals surface area contributed by atoms with Gasteiger partial charge in [-0.05, 0) is 42.2 Å². The summed E-state index contributed by atoms with van der Waals surface area (Å²) in [4.78, 5) is 7.45. The molecule has 1 saturated heterocycles. The van der Waals surface area contributed by atoms with Crippen LogP contribution in [0.4, 0.5) is 5.69 Å². The smallest absolute Gasteiger partial charge is 0.102 e. The molecule has 1 fully saturated rings. The Morgan fingerprint density at radius 2 is 1.97 bits per heavy atom. The fourth-order valence-electron chi connectivity index (χ4n) is 3.99. The third kappa shape index (κ3) is 4.56. The van der Waals surface area contributed by atoms with Crippen LogP contribution < -0.4 is 16.0 Å². The number of fused-ring (bicyclic) bond motifs is 1. The molecule has 3 N–H and O–H groups in total. The van der Waals surface area contributed by atoms with Gasteiger partial charge in [-0.25, -0.2) is 4.98 Å². The number of anilines is 1. The summed E-state index contributed by atoms with van der Waals surface area (Å²) in [6.45, 7) is 10.4. The molecule has 1 aromatic carbocycles. The number of allylic oxidation sites excluding steroid dienone is 2. The number of aromatic nitrogens is 1. The van der Waals surface area contributed by atoms with Crippen molar-refractivity contribution in [3.05, 3.63) is 53.5 Å². The van der Waals surface area contributed by atoms with E-state index in [4.69, 9.17) is 4.98 Å². The zero-order chi connectivity index (χ0) is 20.1. The largest absolute Gasteiger partial charge is 0.384 e. The number of nitrogens with one attached hydrogen (secondary N) is 3. The summed E-state index contributed by atoms with van der Waals surface area (Å²) in [5.41, 5.74) is 5.91. The van der Waals surface area contributed by atoms with Crippen LogP contribution in [0.5, 0.6) is 0 Å². The van der Waals surface area contributed by atoms with Crippen LogP contribution in [-0.4, -0.2) is 49.2 Å². The van der Waals surface area contributed by atoms with Crippen molar-refractivity contribution in [2.24, 2.45) is 0 Å². The number of hydrogen-bond acceptors (Lipinski definition) is 5. The lowest BCUT2D eigenvalue weighted by Gasteiger charge is -2.33. The lowest BCUT2D eigenvalue weighted by atomic mass is 10.0. The molecule has 1 aromatic heterocycles. The number of aryl methyl sites for hydroxylation is 1. The van der Waals surface area contributed by atoms with Crippen molar-refractivity contribution in [2.45, 2.75) is 33.1 Å². The maximum absolute atomic E-state index is 5.03. The van der Waals surface area contributed by atoms with Crippen molar-refractivity contribution in [1.82, 2.24) is 20.5 Å². The lowest BCUT2D eigenvalue weighted by molar-refractivity contribution is 0.282. The van der Waals surface area contributed by atoms with Gasteiger partial charge in [0.15, 0.2) is 0 Å². The molecule has 5 heteroatoms. The van der Waals surface area contributed by atoms with E-state index in [9.17, 15) is 0 Å². The van der Waals surface area contributed by atoms with Gasteiger partial charge >= 0.3 is 0 Å². The molecule has 5 nitrogen and oxygen atoms in total. The Balaban J connectivity index is 1.65. The highest BCUT2D eigenvalue weighted by Gasteiger charge is 2.17. The highest BCUT2D eigenvalue weighted by molar-refractivity contribution is 5.93. The van der Waals surface area contributed by atoms with E-state index in [2.05, 4.69) is 71.1 Å². The van der Waals surface area contributed by atoms with Crippen LogP contribution >= 0.6 is 0 Å². The fourth-order valence-corrected chi connectivity index (χ4v) is 3.99. The van der Waals surface area contributed by atoms with E-state index in [-0.39, 0.29) is 0 Å². The van der Waals surface area contributed by atoms with Crippen LogP contribution in [0, 0.1) is 0 Å². The highest BCUT2D eigenvalue weighted by atomic mass is 15.3. The first-order valence-electron chi connectivity index (χ1n) is 11.1. The zero-order valence-electron chi connectivity index (χ0n) is 17.7. The first kappa shape index (κ1) is 19.8. The quantitative estimate of drug-likeness (QED) is 0.628. The van der Waals surface area contributed by atoms with Gasteiger partial charge in [0.2, 0.25) is 0 Å². The van der Waals surface area contributed by atoms with Crippen molar-refractivity contribution in [3.63, 3.8) is 0 Å². The van der Waals surface area contributed by atoms with Crippen LogP contribution in [0.3, 0.4) is 0 Å². The van der Waals surface area contributed by atoms with Crippen LogP contribution in [0.1, 0.15) is 37.9 Å². The molecular weight excluding hydrogens is 358 g/mol. The van der Waals surface area contributed by atoms with Gasteiger partial charge in [-0.3, -0.25) is 0 Å². The Hall–Kier alpha value is -2.53. The highest BCUT2D eigenvalue weighted by Crippen LogP contribution is 2.28. The van der Waals surface area contributed by atoms with Gasteiger partial charge in [0, 0.05) is 50.3 Å². The second kappa shape index (κ2) is 9.31. The zero-order valence-corrected chi connectivity index (χ0v) is 17.7. The van der Waals surface area contributed by atoms with Crippen molar-refractivity contribution in [1.29, 1.82) is 0 Å². The molecule has 0 aliphatic carbocycles. The molecule has 0 bridgehead atoms. The molecule has 0 spiro atoms. The number of piperazine rings is 1. The van der Waals surface area contributed by atoms with Crippen molar-refractivity contribution in [3.8, 4) is 0 Å². The summed E-state index contributed by atoms with van der Waals surface area (Å²) in [6.07, 6.45) is 7.84. The Morgan fingerprint density at radius 3 is 2.69 bits per heavy atom. The van der Waals surface area contributed by atoms with Crippen LogP contribution in [0.25, 0.3) is 16.5 Å². The summed E-state index contributed by atoms with van der Waals surface area (Å²) < 4.78 is 0. The lowest BCUT2D eigenvalue weighted by Crippen LogP contribution is -2.46. The monoisotopic (exact) mass is 391 g/mol. The van der Waals surface area contributed by atoms with E-state index in [0.717, 1.165) is 56.9 Å². The molecule has 2 aliphatic rings. The summed E-state index contributed by atoms with van der Waals surface area (Å²) >= 11 is 0. The Labute approximate surface area is 174 Å². The van der Waals surface area contributed by atoms with Crippen molar-refractivity contribution >= 4 is 22.2 Å². The van der Waals surface area contributed by atoms with Crippen molar-refractivity contribution in [2.75, 3.05) is 44.6 Å². The minimum Gasteiger partial charge on any atom is -0.384 e. The second-order valence-electron chi connectivity index (χ2n) is 7.87. The van der Waals surface area contributed by atoms with Crippen LogP contribution in [0.2, 0.25) is 0 Å². The molecule has 2 aliphatic heterocycles. The van der Waals surface area contributed by atoms with Crippen molar-refractivity contribution < 1.29 is 0 Å². The molecule has 0 saturated carbocycles. The van der Waals surface area contributed by atoms with Gasteiger partial charge in [-0.1, -0.05) is 38.5 Å². The summed E-state index contributed by atoms with van der Waals surface area (Å²) in [5, 5.41) is 11.9. The van der Waals surface area contributed by atoms with E-state index in [1.165, 1.54) is 40.9 Å². The molecule has 0 atom stereocenters. The number of dihydropyridines is 1. The number of nitrogens with zero attached hydrogens (tertiary/aromatic N) is 2. The van der Waals surface area contributed by atoms with E-state index in [1.54, 1.807) is 0 Å². The average molecular weight is 392 g/mol. The predicted molar refractivity (Wildman–Crippen MR) is 123 cm³/mol. The average Bonchev–Trinajstić information content (AvgIpc) is 2.79. The third-order valence-corrected chi connectivity index (χ3v) is 5.82. The molecule has 4 rings (SSSR count). The maximum atomic E-state index is 5.03. The molecular formula is C24H33N5. The summed E-state index contributed by atoms with van der Waals surface area (Å²) in [5.74, 6) is 1.23. The minimum atomic E-state index is 0.816. The Morgan fingerprint density at radius 1 is 1.10 bits per heavy atom. The minimum absolute atomic E-state index is 0.816. The number of benzene rings is 1. The van der Waals surface area contributed by atoms with Crippen LogP contribution in [-0.2, 0) is 6.42 Å². The number of pyridine rings is 1. The molecule has 0 unspecified atom stereocenters. The maximum Gasteiger partial charge on any atom is 0.102 e. The second-order valence-corrected chi connectivity index (χ2v) is 7.87. The molecule has 3 heterocycles. The molecule has 0 amide bonds. The summed E-state index contributed by atoms with van der Waals surface area (Å²) in [7, 11) is 0. The number of unbranched alkanes of at least 4 members (excludes halogenated alkanes) is 1. The number of rotatable bonds is 7. The van der Waals surface area contributed by atoms with Gasteiger partial charge in [0.1, 0.15) is 5.82 Å². The van der Waals surface area contributed by atoms with Gasteiger partial charge in [-0.2, -0.15) is 0 Å². The van der Waals surface area contributed by atoms with Gasteiger partial charge < -0.3 is 20.9 Å². The van der Waals surface area contributed by atoms with Gasteiger partial charge in [0.25, 0.3) is 0 Å². The van der Waals surface area contributed by atoms with Gasteiger partial charge in [-0.15, -0.1) is 0 Å². The van der Waals surface area contributed by atoms with E-state index in [0.29, 0.717) is 0 Å². The third-order valence-electron chi connectivity index (χ3n) is 5.82. The SMILES string of the molecule is CCCCNc1cc(C2=CC=C(N3CCNCC3)NC2)nc2cc(CC)ccc12. The first-order chi connectivity index (χ1) is 14.3. The van der Waals surface area contributed by atoms with Gasteiger partial charge in [0.05, 0.1) is 11.2 Å². The number of hydrogen-bond donors (Lipinski definition) is 3. The fraction of sp³-hybridized carbons (Fsp3) is 0.458. The topological polar surface area (TPSA) is 52.2 Å². The standard InChI is InChI=1S/C24H33N5/c1-3-5-10-26-22-16-21(28-23-15-18(4-2)6-8-20(22)23)19-7-9-24(27-17-19)29-13-11-25-12-14-29/h6-9,15-16,25,27H,3-5,10-14,17H2,1-2H3,(H,26,28). The predicted octanol–water partition coefficient (Wildman–Crippen LogP) is 3.74. The summed E-state index contributed by atoms with van der Waals surface area (Å²) in [6, 6.07) is 8.90. The molecule has 29 heavy (non-hydrogen) atoms. The van der Waals surface area contributed by atoms with E-state index in [1.807, 2.05) is 0 Å². The molecule has 0 radical (unpaired) electrons. The Bertz CT molecular complexity index is 909. The Kier molecular flexibility index (Phi) is 6.35. The van der Waals surface area contributed by atoms with E-state index >= 15 is 0 Å². The normalized spacial score (nSPS) is 17.0. The molecule has 154 valence electrons. The molecule has 2 aromatic rings. The van der Waals surface area contributed by atoms with Crippen LogP contribution in [0.15, 0.2) is 42.2 Å². The first-order valence-corrected chi connectivity index (χ1v) is 11.1.